The first-order valence-corrected chi connectivity index (χ1v) is 24.1. The summed E-state index contributed by atoms with van der Waals surface area (Å²) in [4.78, 5) is 46.0. The van der Waals surface area contributed by atoms with Crippen LogP contribution in [0.1, 0.15) is 168 Å². The lowest BCUT2D eigenvalue weighted by Gasteiger charge is -2.18. The third-order valence-electron chi connectivity index (χ3n) is 9.17. The molecule has 12 heteroatoms. The van der Waals surface area contributed by atoms with E-state index in [-0.39, 0.29) is 12.8 Å². The Bertz CT molecular complexity index is 1340. The molecule has 0 saturated heterocycles. The van der Waals surface area contributed by atoms with E-state index in [4.69, 9.17) is 13.8 Å². The molecule has 0 aromatic rings. The normalized spacial score (nSPS) is 14.5. The summed E-state index contributed by atoms with van der Waals surface area (Å²) in [5.41, 5.74) is 0. The molecule has 0 radical (unpaired) electrons. The van der Waals surface area contributed by atoms with Crippen molar-refractivity contribution in [1.82, 2.24) is 5.32 Å². The number of aliphatic hydroxyl groups is 1. The Morgan fingerprint density at radius 2 is 0.967 bits per heavy atom. The van der Waals surface area contributed by atoms with E-state index in [1.807, 2.05) is 0 Å². The Labute approximate surface area is 362 Å². The molecular formula is C48H80NO10P. The lowest BCUT2D eigenvalue weighted by molar-refractivity contribution is -0.147. The fourth-order valence-corrected chi connectivity index (χ4v) is 6.44. The molecule has 342 valence electrons. The van der Waals surface area contributed by atoms with Crippen LogP contribution in [-0.2, 0) is 32.7 Å². The third-order valence-corrected chi connectivity index (χ3v) is 10.1. The van der Waals surface area contributed by atoms with Crippen LogP contribution in [0.15, 0.2) is 85.1 Å². The van der Waals surface area contributed by atoms with Crippen molar-refractivity contribution in [2.45, 2.75) is 180 Å². The predicted octanol–water partition coefficient (Wildman–Crippen LogP) is 11.9. The SMILES string of the molecule is CC/C=C\C/C=C\C/C=C\CCCCCCCC(=O)OCC(O)COP(=O)(O)OCC(NC(=O)CCCCCCC/C=C\C/C=C\C/C=C\C/C=C\CCCCC)C(=O)O. The van der Waals surface area contributed by atoms with Crippen LogP contribution in [0.4, 0.5) is 0 Å². The van der Waals surface area contributed by atoms with Gasteiger partial charge in [0.15, 0.2) is 6.04 Å². The van der Waals surface area contributed by atoms with E-state index in [1.54, 1.807) is 0 Å². The van der Waals surface area contributed by atoms with Crippen LogP contribution in [0.2, 0.25) is 0 Å². The van der Waals surface area contributed by atoms with Gasteiger partial charge in [0.2, 0.25) is 5.91 Å². The van der Waals surface area contributed by atoms with E-state index in [1.165, 1.54) is 25.7 Å². The topological polar surface area (TPSA) is 169 Å². The molecule has 0 aliphatic carbocycles. The van der Waals surface area contributed by atoms with E-state index >= 15 is 0 Å². The summed E-state index contributed by atoms with van der Waals surface area (Å²) in [5.74, 6) is -2.43. The molecule has 60 heavy (non-hydrogen) atoms. The Hall–Kier alpha value is -3.34. The van der Waals surface area contributed by atoms with Crippen LogP contribution in [0.25, 0.3) is 0 Å². The molecule has 1 amide bonds. The minimum atomic E-state index is -4.77. The van der Waals surface area contributed by atoms with Crippen molar-refractivity contribution in [2.75, 3.05) is 19.8 Å². The van der Waals surface area contributed by atoms with E-state index in [9.17, 15) is 34.1 Å². The van der Waals surface area contributed by atoms with Gasteiger partial charge in [-0.2, -0.15) is 0 Å². The zero-order chi connectivity index (χ0) is 44.2. The maximum absolute atomic E-state index is 12.3. The summed E-state index contributed by atoms with van der Waals surface area (Å²) in [6, 6.07) is -1.56. The maximum atomic E-state index is 12.3. The van der Waals surface area contributed by atoms with Crippen molar-refractivity contribution in [3.63, 3.8) is 0 Å². The Kier molecular flexibility index (Phi) is 40.0. The molecule has 4 N–H and O–H groups in total. The lowest BCUT2D eigenvalue weighted by Crippen LogP contribution is -2.43. The fourth-order valence-electron chi connectivity index (χ4n) is 5.66. The van der Waals surface area contributed by atoms with Crippen LogP contribution in [-0.4, -0.2) is 64.9 Å². The number of carboxylic acid groups (broad SMARTS) is 1. The fraction of sp³-hybridized carbons (Fsp3) is 0.646. The molecule has 0 aromatic carbocycles. The molecule has 3 atom stereocenters. The number of phosphoric acid groups is 1. The Balaban J connectivity index is 3.97. The highest BCUT2D eigenvalue weighted by Crippen LogP contribution is 2.43. The number of nitrogens with one attached hydrogen (secondary N) is 1. The second-order valence-electron chi connectivity index (χ2n) is 14.9. The molecule has 0 aliphatic rings. The summed E-state index contributed by atoms with van der Waals surface area (Å²) in [6.45, 7) is 2.41. The number of aliphatic carboxylic acids is 1. The van der Waals surface area contributed by atoms with Crippen molar-refractivity contribution in [3.8, 4) is 0 Å². The van der Waals surface area contributed by atoms with Gasteiger partial charge in [-0.15, -0.1) is 0 Å². The quantitative estimate of drug-likeness (QED) is 0.0201. The van der Waals surface area contributed by atoms with Crippen molar-refractivity contribution >= 4 is 25.7 Å². The summed E-state index contributed by atoms with van der Waals surface area (Å²) in [5, 5.41) is 21.8. The number of allylic oxidation sites excluding steroid dienone is 14. The van der Waals surface area contributed by atoms with Crippen LogP contribution >= 0.6 is 7.82 Å². The number of hydrogen-bond acceptors (Lipinski definition) is 8. The number of amides is 1. The molecule has 0 aromatic heterocycles. The molecule has 0 spiro atoms. The Morgan fingerprint density at radius 3 is 1.45 bits per heavy atom. The van der Waals surface area contributed by atoms with Gasteiger partial charge in [-0.1, -0.05) is 150 Å². The smallest absolute Gasteiger partial charge is 0.472 e. The minimum absolute atomic E-state index is 0.118. The summed E-state index contributed by atoms with van der Waals surface area (Å²) in [7, 11) is -4.77. The van der Waals surface area contributed by atoms with Crippen molar-refractivity contribution in [2.24, 2.45) is 0 Å². The third kappa shape index (κ3) is 41.4. The number of phosphoric ester groups is 1. The summed E-state index contributed by atoms with van der Waals surface area (Å²) < 4.78 is 26.8. The summed E-state index contributed by atoms with van der Waals surface area (Å²) in [6.07, 6.45) is 51.7. The number of unbranched alkanes of at least 4 members (excludes halogenated alkanes) is 13. The number of esters is 1. The average molecular weight is 862 g/mol. The van der Waals surface area contributed by atoms with Gasteiger partial charge in [0.1, 0.15) is 12.7 Å². The number of ether oxygens (including phenoxy) is 1. The molecule has 0 heterocycles. The largest absolute Gasteiger partial charge is 0.480 e. The standard InChI is InChI=1S/C48H80NO10P/c1-3-5-7-9-11-13-15-17-19-20-21-22-23-24-26-27-29-31-33-35-37-39-46(51)49-45(48(53)54)43-59-60(55,56)58-42-44(50)41-57-47(52)40-38-36-34-32-30-28-25-18-16-14-12-10-8-6-4-2/h6,8,11-14,17-19,21-22,24-26,44-45,50H,3-5,7,9-10,15-16,20,23,27-43H2,1-2H3,(H,49,51)(H,53,54)(H,55,56)/b8-6-,13-11-,14-12-,19-17-,22-21-,25-18-,26-24-. The van der Waals surface area contributed by atoms with Crippen molar-refractivity contribution in [1.29, 1.82) is 0 Å². The van der Waals surface area contributed by atoms with E-state index in [0.29, 0.717) is 12.8 Å². The number of carboxylic acids is 1. The number of carbonyl (C=O) groups excluding carboxylic acids is 2. The second-order valence-corrected chi connectivity index (χ2v) is 16.3. The monoisotopic (exact) mass is 862 g/mol. The van der Waals surface area contributed by atoms with Crippen molar-refractivity contribution in [3.05, 3.63) is 85.1 Å². The first kappa shape index (κ1) is 56.7. The van der Waals surface area contributed by atoms with E-state index in [0.717, 1.165) is 103 Å². The molecule has 0 fully saturated rings. The molecule has 0 saturated carbocycles. The van der Waals surface area contributed by atoms with Gasteiger partial charge in [-0.05, 0) is 89.9 Å². The minimum Gasteiger partial charge on any atom is -0.480 e. The van der Waals surface area contributed by atoms with Gasteiger partial charge >= 0.3 is 19.8 Å². The number of aliphatic hydroxyl groups excluding tert-OH is 1. The van der Waals surface area contributed by atoms with Gasteiger partial charge in [0.25, 0.3) is 0 Å². The summed E-state index contributed by atoms with van der Waals surface area (Å²) >= 11 is 0. The predicted molar refractivity (Wildman–Crippen MR) is 244 cm³/mol. The van der Waals surface area contributed by atoms with Crippen LogP contribution in [0.3, 0.4) is 0 Å². The Morgan fingerprint density at radius 1 is 0.550 bits per heavy atom. The molecule has 3 unspecified atom stereocenters. The van der Waals surface area contributed by atoms with Gasteiger partial charge in [0, 0.05) is 12.8 Å². The molecule has 0 aliphatic heterocycles. The van der Waals surface area contributed by atoms with E-state index in [2.05, 4.69) is 104 Å². The number of hydrogen-bond donors (Lipinski definition) is 4. The first-order chi connectivity index (χ1) is 29.1. The highest BCUT2D eigenvalue weighted by Gasteiger charge is 2.28. The van der Waals surface area contributed by atoms with Crippen LogP contribution in [0.5, 0.6) is 0 Å². The molecule has 0 rings (SSSR count). The van der Waals surface area contributed by atoms with Crippen LogP contribution < -0.4 is 5.32 Å². The molecular weight excluding hydrogens is 781 g/mol. The maximum Gasteiger partial charge on any atom is 0.472 e. The number of rotatable bonds is 41. The molecule has 0 bridgehead atoms. The zero-order valence-corrected chi connectivity index (χ0v) is 37.9. The van der Waals surface area contributed by atoms with Gasteiger partial charge in [-0.3, -0.25) is 18.6 Å². The van der Waals surface area contributed by atoms with Crippen LogP contribution in [0, 0.1) is 0 Å². The highest BCUT2D eigenvalue weighted by atomic mass is 31.2. The molecule has 11 nitrogen and oxygen atoms in total. The van der Waals surface area contributed by atoms with Gasteiger partial charge in [-0.25, -0.2) is 9.36 Å². The van der Waals surface area contributed by atoms with Crippen molar-refractivity contribution < 1.29 is 47.8 Å². The highest BCUT2D eigenvalue weighted by molar-refractivity contribution is 7.47. The van der Waals surface area contributed by atoms with Gasteiger partial charge < -0.3 is 25.2 Å². The van der Waals surface area contributed by atoms with Gasteiger partial charge in [0.05, 0.1) is 13.2 Å². The van der Waals surface area contributed by atoms with E-state index < -0.39 is 57.6 Å². The second kappa shape index (κ2) is 42.4. The first-order valence-electron chi connectivity index (χ1n) is 22.6. The number of carbonyl (C=O) groups is 3. The lowest BCUT2D eigenvalue weighted by atomic mass is 10.1. The zero-order valence-electron chi connectivity index (χ0n) is 37.0. The average Bonchev–Trinajstić information content (AvgIpc) is 3.22.